The van der Waals surface area contributed by atoms with Gasteiger partial charge in [0.1, 0.15) is 11.2 Å². The van der Waals surface area contributed by atoms with Crippen LogP contribution < -0.4 is 4.90 Å². The molecular formula is C16H13NO3. The Kier molecular flexibility index (Phi) is 2.35. The summed E-state index contributed by atoms with van der Waals surface area (Å²) in [5.74, 6) is -0.0482. The lowest BCUT2D eigenvalue weighted by atomic mass is 10.1. The second kappa shape index (κ2) is 4.08. The Morgan fingerprint density at radius 2 is 1.90 bits per heavy atom. The minimum absolute atomic E-state index is 0.0482. The molecular weight excluding hydrogens is 254 g/mol. The Morgan fingerprint density at radius 1 is 1.10 bits per heavy atom. The van der Waals surface area contributed by atoms with Crippen LogP contribution in [-0.2, 0) is 4.79 Å². The number of nitrogens with zero attached hydrogens (tertiary/aromatic N) is 1. The highest BCUT2D eigenvalue weighted by atomic mass is 16.3. The number of aliphatic hydroxyl groups is 1. The predicted octanol–water partition coefficient (Wildman–Crippen LogP) is 2.68. The smallest absolute Gasteiger partial charge is 0.229 e. The van der Waals surface area contributed by atoms with Crippen LogP contribution in [0.1, 0.15) is 6.42 Å². The van der Waals surface area contributed by atoms with Crippen molar-refractivity contribution in [2.24, 2.45) is 0 Å². The van der Waals surface area contributed by atoms with E-state index in [9.17, 15) is 9.90 Å². The zero-order valence-electron chi connectivity index (χ0n) is 10.7. The molecule has 4 nitrogen and oxygen atoms in total. The van der Waals surface area contributed by atoms with Crippen molar-refractivity contribution in [1.29, 1.82) is 0 Å². The van der Waals surface area contributed by atoms with Gasteiger partial charge in [-0.15, -0.1) is 0 Å². The molecule has 0 saturated carbocycles. The number of fused-ring (bicyclic) bond motifs is 3. The molecule has 1 unspecified atom stereocenters. The van der Waals surface area contributed by atoms with Crippen molar-refractivity contribution in [2.75, 3.05) is 11.4 Å². The van der Waals surface area contributed by atoms with Gasteiger partial charge in [0.05, 0.1) is 19.1 Å². The average molecular weight is 267 g/mol. The van der Waals surface area contributed by atoms with Crippen LogP contribution in [0.4, 0.5) is 5.69 Å². The highest BCUT2D eigenvalue weighted by Gasteiger charge is 2.29. The lowest BCUT2D eigenvalue weighted by Gasteiger charge is -2.15. The van der Waals surface area contributed by atoms with Gasteiger partial charge in [-0.25, -0.2) is 0 Å². The Hall–Kier alpha value is -2.33. The summed E-state index contributed by atoms with van der Waals surface area (Å²) < 4.78 is 5.81. The summed E-state index contributed by atoms with van der Waals surface area (Å²) >= 11 is 0. The van der Waals surface area contributed by atoms with E-state index < -0.39 is 6.10 Å². The molecule has 1 saturated heterocycles. The molecule has 3 aromatic rings. The number of carbonyl (C=O) groups is 1. The van der Waals surface area contributed by atoms with Crippen molar-refractivity contribution in [2.45, 2.75) is 12.5 Å². The second-order valence-electron chi connectivity index (χ2n) is 5.14. The third-order valence-corrected chi connectivity index (χ3v) is 3.78. The molecule has 2 aromatic carbocycles. The maximum atomic E-state index is 11.8. The fourth-order valence-corrected chi connectivity index (χ4v) is 2.82. The van der Waals surface area contributed by atoms with Gasteiger partial charge in [0, 0.05) is 22.5 Å². The van der Waals surface area contributed by atoms with Crippen molar-refractivity contribution in [3.05, 3.63) is 42.5 Å². The maximum absolute atomic E-state index is 11.8. The molecule has 0 spiro atoms. The first kappa shape index (κ1) is 11.5. The molecule has 1 aliphatic heterocycles. The lowest BCUT2D eigenvalue weighted by molar-refractivity contribution is -0.117. The SMILES string of the molecule is O=C1CC(O)CN1c1ccc2c(c1)oc1ccccc12. The maximum Gasteiger partial charge on any atom is 0.229 e. The van der Waals surface area contributed by atoms with Crippen LogP contribution in [0.25, 0.3) is 21.9 Å². The normalized spacial score (nSPS) is 19.4. The topological polar surface area (TPSA) is 53.7 Å². The molecule has 1 N–H and O–H groups in total. The number of benzene rings is 2. The molecule has 1 amide bonds. The van der Waals surface area contributed by atoms with Gasteiger partial charge in [0.2, 0.25) is 5.91 Å². The van der Waals surface area contributed by atoms with Gasteiger partial charge in [-0.2, -0.15) is 0 Å². The van der Waals surface area contributed by atoms with E-state index in [-0.39, 0.29) is 12.3 Å². The monoisotopic (exact) mass is 267 g/mol. The molecule has 20 heavy (non-hydrogen) atoms. The van der Waals surface area contributed by atoms with E-state index in [1.165, 1.54) is 0 Å². The minimum atomic E-state index is -0.575. The number of amides is 1. The molecule has 100 valence electrons. The molecule has 1 fully saturated rings. The number of β-amino-alcohol motifs (C(OH)–C–C–N with tert-alkyl or cyclic N) is 1. The highest BCUT2D eigenvalue weighted by molar-refractivity contribution is 6.06. The number of carbonyl (C=O) groups excluding carboxylic acids is 1. The third kappa shape index (κ3) is 1.62. The van der Waals surface area contributed by atoms with Crippen LogP contribution in [0.15, 0.2) is 46.9 Å². The van der Waals surface area contributed by atoms with E-state index in [0.29, 0.717) is 6.54 Å². The van der Waals surface area contributed by atoms with Crippen molar-refractivity contribution < 1.29 is 14.3 Å². The van der Waals surface area contributed by atoms with Gasteiger partial charge >= 0.3 is 0 Å². The van der Waals surface area contributed by atoms with Gasteiger partial charge in [0.25, 0.3) is 0 Å². The summed E-state index contributed by atoms with van der Waals surface area (Å²) in [7, 11) is 0. The Labute approximate surface area is 115 Å². The van der Waals surface area contributed by atoms with Gasteiger partial charge in [-0.05, 0) is 18.2 Å². The number of hydrogen-bond donors (Lipinski definition) is 1. The molecule has 1 aromatic heterocycles. The molecule has 0 bridgehead atoms. The van der Waals surface area contributed by atoms with Crippen LogP contribution in [0.3, 0.4) is 0 Å². The first-order chi connectivity index (χ1) is 9.72. The molecule has 0 aliphatic carbocycles. The average Bonchev–Trinajstić information content (AvgIpc) is 2.97. The van der Waals surface area contributed by atoms with E-state index in [4.69, 9.17) is 4.42 Å². The summed E-state index contributed by atoms with van der Waals surface area (Å²) in [4.78, 5) is 13.4. The largest absolute Gasteiger partial charge is 0.456 e. The van der Waals surface area contributed by atoms with Gasteiger partial charge in [-0.3, -0.25) is 4.79 Å². The van der Waals surface area contributed by atoms with Crippen LogP contribution in [-0.4, -0.2) is 23.7 Å². The Bertz CT molecular complexity index is 821. The number of anilines is 1. The second-order valence-corrected chi connectivity index (χ2v) is 5.14. The van der Waals surface area contributed by atoms with Crippen LogP contribution in [0.5, 0.6) is 0 Å². The zero-order valence-corrected chi connectivity index (χ0v) is 10.7. The van der Waals surface area contributed by atoms with Gasteiger partial charge in [-0.1, -0.05) is 18.2 Å². The summed E-state index contributed by atoms with van der Waals surface area (Å²) in [6.45, 7) is 0.352. The highest BCUT2D eigenvalue weighted by Crippen LogP contribution is 2.32. The Morgan fingerprint density at radius 3 is 2.70 bits per heavy atom. The van der Waals surface area contributed by atoms with Gasteiger partial charge in [0.15, 0.2) is 0 Å². The van der Waals surface area contributed by atoms with E-state index in [1.54, 1.807) is 4.90 Å². The first-order valence-electron chi connectivity index (χ1n) is 6.62. The Balaban J connectivity index is 1.87. The van der Waals surface area contributed by atoms with E-state index >= 15 is 0 Å². The van der Waals surface area contributed by atoms with Crippen LogP contribution in [0, 0.1) is 0 Å². The molecule has 0 radical (unpaired) electrons. The summed E-state index contributed by atoms with van der Waals surface area (Å²) in [5, 5.41) is 11.7. The molecule has 4 heteroatoms. The summed E-state index contributed by atoms with van der Waals surface area (Å²) in [6.07, 6.45) is -0.382. The quantitative estimate of drug-likeness (QED) is 0.737. The van der Waals surface area contributed by atoms with Crippen molar-refractivity contribution >= 4 is 33.5 Å². The fourth-order valence-electron chi connectivity index (χ4n) is 2.82. The van der Waals surface area contributed by atoms with E-state index in [1.807, 2.05) is 42.5 Å². The zero-order chi connectivity index (χ0) is 13.7. The van der Waals surface area contributed by atoms with Crippen molar-refractivity contribution in [1.82, 2.24) is 0 Å². The summed E-state index contributed by atoms with van der Waals surface area (Å²) in [5.41, 5.74) is 2.38. The molecule has 2 heterocycles. The number of hydrogen-bond acceptors (Lipinski definition) is 3. The fraction of sp³-hybridized carbons (Fsp3) is 0.188. The predicted molar refractivity (Wildman–Crippen MR) is 76.7 cm³/mol. The van der Waals surface area contributed by atoms with Gasteiger partial charge < -0.3 is 14.4 Å². The lowest BCUT2D eigenvalue weighted by Crippen LogP contribution is -2.25. The van der Waals surface area contributed by atoms with E-state index in [2.05, 4.69) is 0 Å². The molecule has 4 rings (SSSR count). The minimum Gasteiger partial charge on any atom is -0.456 e. The summed E-state index contributed by atoms with van der Waals surface area (Å²) in [6, 6.07) is 13.6. The number of para-hydroxylation sites is 1. The first-order valence-corrected chi connectivity index (χ1v) is 6.62. The van der Waals surface area contributed by atoms with Crippen molar-refractivity contribution in [3.63, 3.8) is 0 Å². The number of aliphatic hydroxyl groups excluding tert-OH is 1. The number of furan rings is 1. The van der Waals surface area contributed by atoms with Crippen LogP contribution in [0.2, 0.25) is 0 Å². The standard InChI is InChI=1S/C16H13NO3/c18-11-8-16(19)17(9-11)10-5-6-13-12-3-1-2-4-14(12)20-15(13)7-10/h1-7,11,18H,8-9H2. The van der Waals surface area contributed by atoms with E-state index in [0.717, 1.165) is 27.6 Å². The van der Waals surface area contributed by atoms with Crippen LogP contribution >= 0.6 is 0 Å². The number of rotatable bonds is 1. The third-order valence-electron chi connectivity index (χ3n) is 3.78. The van der Waals surface area contributed by atoms with Crippen molar-refractivity contribution in [3.8, 4) is 0 Å². The molecule has 1 aliphatic rings. The molecule has 1 atom stereocenters.